The van der Waals surface area contributed by atoms with Gasteiger partial charge in [0.15, 0.2) is 5.82 Å². The molecule has 2 amide bonds. The number of aromatic nitrogens is 2. The number of nitrogens with one attached hydrogen (secondary N) is 2. The van der Waals surface area contributed by atoms with Gasteiger partial charge in [-0.2, -0.15) is 0 Å². The summed E-state index contributed by atoms with van der Waals surface area (Å²) in [6, 6.07) is 18.7. The van der Waals surface area contributed by atoms with Crippen LogP contribution in [0.2, 0.25) is 0 Å². The maximum Gasteiger partial charge on any atom is 0.255 e. The van der Waals surface area contributed by atoms with Crippen molar-refractivity contribution in [3.8, 4) is 11.5 Å². The second-order valence-electron chi connectivity index (χ2n) is 8.90. The van der Waals surface area contributed by atoms with E-state index in [-0.39, 0.29) is 17.7 Å². The lowest BCUT2D eigenvalue weighted by Crippen LogP contribution is -2.13. The van der Waals surface area contributed by atoms with Crippen LogP contribution in [-0.4, -0.2) is 21.2 Å². The lowest BCUT2D eigenvalue weighted by Gasteiger charge is -2.10. The fourth-order valence-corrected chi connectivity index (χ4v) is 3.85. The van der Waals surface area contributed by atoms with Gasteiger partial charge in [-0.15, -0.1) is 0 Å². The Bertz CT molecular complexity index is 1360. The van der Waals surface area contributed by atoms with Gasteiger partial charge in [-0.25, -0.2) is 4.98 Å². The van der Waals surface area contributed by atoms with Crippen LogP contribution in [0.3, 0.4) is 0 Å². The van der Waals surface area contributed by atoms with Gasteiger partial charge < -0.3 is 19.8 Å². The highest BCUT2D eigenvalue weighted by atomic mass is 16.5. The Labute approximate surface area is 204 Å². The van der Waals surface area contributed by atoms with Gasteiger partial charge in [-0.1, -0.05) is 31.5 Å². The third-order valence-corrected chi connectivity index (χ3v) is 5.99. The molecular weight excluding hydrogens is 440 g/mol. The molecule has 4 aromatic rings. The van der Waals surface area contributed by atoms with Crippen LogP contribution in [0.4, 0.5) is 11.5 Å². The van der Waals surface area contributed by atoms with E-state index in [4.69, 9.17) is 4.74 Å². The van der Waals surface area contributed by atoms with E-state index in [0.717, 1.165) is 32.1 Å². The van der Waals surface area contributed by atoms with Crippen LogP contribution in [0.15, 0.2) is 73.1 Å². The molecule has 0 spiro atoms. The number of hydrogen-bond donors (Lipinski definition) is 2. The maximum atomic E-state index is 12.7. The second kappa shape index (κ2) is 10.0. The average Bonchev–Trinajstić information content (AvgIpc) is 3.64. The minimum absolute atomic E-state index is 0.0242. The molecule has 0 saturated heterocycles. The normalized spacial score (nSPS) is 12.9. The summed E-state index contributed by atoms with van der Waals surface area (Å²) < 4.78 is 7.83. The Morgan fingerprint density at radius 1 is 1.00 bits per heavy atom. The molecule has 1 fully saturated rings. The number of aryl methyl sites for hydroxylation is 1. The van der Waals surface area contributed by atoms with E-state index in [2.05, 4.69) is 22.5 Å². The van der Waals surface area contributed by atoms with Crippen molar-refractivity contribution < 1.29 is 14.3 Å². The summed E-state index contributed by atoms with van der Waals surface area (Å²) >= 11 is 0. The highest BCUT2D eigenvalue weighted by Crippen LogP contribution is 2.30. The van der Waals surface area contributed by atoms with E-state index < -0.39 is 0 Å². The number of anilines is 2. The topological polar surface area (TPSA) is 84.7 Å². The molecule has 2 N–H and O–H groups in total. The molecule has 2 heterocycles. The van der Waals surface area contributed by atoms with E-state index in [9.17, 15) is 9.59 Å². The molecule has 7 heteroatoms. The molecule has 1 aliphatic rings. The molecule has 0 bridgehead atoms. The number of unbranched alkanes of at least 4 members (excludes halogenated alkanes) is 1. The number of pyridine rings is 1. The fraction of sp³-hybridized carbons (Fsp3) is 0.250. The Morgan fingerprint density at radius 2 is 1.83 bits per heavy atom. The third-order valence-electron chi connectivity index (χ3n) is 5.99. The van der Waals surface area contributed by atoms with Gasteiger partial charge in [-0.05, 0) is 67.6 Å². The minimum atomic E-state index is -0.162. The first-order valence-corrected chi connectivity index (χ1v) is 12.1. The van der Waals surface area contributed by atoms with Crippen molar-refractivity contribution in [2.45, 2.75) is 39.0 Å². The van der Waals surface area contributed by atoms with Crippen molar-refractivity contribution in [3.63, 3.8) is 0 Å². The molecule has 1 saturated carbocycles. The van der Waals surface area contributed by atoms with E-state index >= 15 is 0 Å². The summed E-state index contributed by atoms with van der Waals surface area (Å²) in [6.07, 6.45) is 8.79. The van der Waals surface area contributed by atoms with Crippen molar-refractivity contribution in [1.82, 2.24) is 9.38 Å². The molecule has 0 atom stereocenters. The Kier molecular flexibility index (Phi) is 6.48. The zero-order valence-electron chi connectivity index (χ0n) is 19.7. The number of benzene rings is 2. The number of nitrogens with zero attached hydrogens (tertiary/aromatic N) is 2. The van der Waals surface area contributed by atoms with Crippen molar-refractivity contribution in [2.24, 2.45) is 5.92 Å². The lowest BCUT2D eigenvalue weighted by atomic mass is 10.1. The first kappa shape index (κ1) is 22.7. The predicted octanol–water partition coefficient (Wildman–Crippen LogP) is 6.07. The molecule has 178 valence electrons. The molecule has 5 rings (SSSR count). The fourth-order valence-electron chi connectivity index (χ4n) is 3.85. The van der Waals surface area contributed by atoms with Crippen molar-refractivity contribution in [1.29, 1.82) is 0 Å². The summed E-state index contributed by atoms with van der Waals surface area (Å²) in [5.41, 5.74) is 3.22. The van der Waals surface area contributed by atoms with Crippen LogP contribution < -0.4 is 15.4 Å². The molecular formula is C28H28N4O3. The average molecular weight is 469 g/mol. The summed E-state index contributed by atoms with van der Waals surface area (Å²) in [4.78, 5) is 29.1. The van der Waals surface area contributed by atoms with Crippen LogP contribution >= 0.6 is 0 Å². The van der Waals surface area contributed by atoms with Crippen molar-refractivity contribution in [3.05, 3.63) is 84.2 Å². The van der Waals surface area contributed by atoms with E-state index in [1.165, 1.54) is 5.56 Å². The Morgan fingerprint density at radius 3 is 2.60 bits per heavy atom. The highest BCUT2D eigenvalue weighted by Gasteiger charge is 2.30. The Hall–Kier alpha value is -4.13. The van der Waals surface area contributed by atoms with Gasteiger partial charge in [0.25, 0.3) is 5.91 Å². The quantitative estimate of drug-likeness (QED) is 0.312. The third kappa shape index (κ3) is 5.69. The minimum Gasteiger partial charge on any atom is -0.456 e. The van der Waals surface area contributed by atoms with Crippen LogP contribution in [0.1, 0.15) is 48.5 Å². The van der Waals surface area contributed by atoms with Gasteiger partial charge in [0.2, 0.25) is 5.91 Å². The molecule has 0 radical (unpaired) electrons. The number of hydrogen-bond acceptors (Lipinski definition) is 4. The van der Waals surface area contributed by atoms with Crippen LogP contribution in [0.25, 0.3) is 5.65 Å². The second-order valence-corrected chi connectivity index (χ2v) is 8.90. The first-order chi connectivity index (χ1) is 17.1. The number of imidazole rings is 1. The summed E-state index contributed by atoms with van der Waals surface area (Å²) in [7, 11) is 0. The molecule has 0 aliphatic heterocycles. The molecule has 2 aromatic heterocycles. The van der Waals surface area contributed by atoms with Gasteiger partial charge in [0, 0.05) is 23.2 Å². The molecule has 7 nitrogen and oxygen atoms in total. The van der Waals surface area contributed by atoms with Gasteiger partial charge >= 0.3 is 0 Å². The van der Waals surface area contributed by atoms with Gasteiger partial charge in [-0.3, -0.25) is 9.59 Å². The SMILES string of the molecule is CCCCc1ccc(C(=O)Nc2cccc(Oc3ccc4nc(NC(=O)C5CC5)cn4c3)c2)cc1. The van der Waals surface area contributed by atoms with Crippen LogP contribution in [0, 0.1) is 5.92 Å². The number of carbonyl (C=O) groups excluding carboxylic acids is 2. The number of amides is 2. The van der Waals surface area contributed by atoms with Crippen molar-refractivity contribution in [2.75, 3.05) is 10.6 Å². The lowest BCUT2D eigenvalue weighted by molar-refractivity contribution is -0.117. The monoisotopic (exact) mass is 468 g/mol. The molecule has 1 aliphatic carbocycles. The molecule has 2 aromatic carbocycles. The van der Waals surface area contributed by atoms with Crippen molar-refractivity contribution >= 4 is 29.0 Å². The number of fused-ring (bicyclic) bond motifs is 1. The highest BCUT2D eigenvalue weighted by molar-refractivity contribution is 6.04. The van der Waals surface area contributed by atoms with E-state index in [1.54, 1.807) is 18.5 Å². The first-order valence-electron chi connectivity index (χ1n) is 12.1. The summed E-state index contributed by atoms with van der Waals surface area (Å²) in [6.45, 7) is 2.17. The van der Waals surface area contributed by atoms with E-state index in [1.807, 2.05) is 59.0 Å². The predicted molar refractivity (Wildman–Crippen MR) is 136 cm³/mol. The molecule has 35 heavy (non-hydrogen) atoms. The molecule has 0 unspecified atom stereocenters. The summed E-state index contributed by atoms with van der Waals surface area (Å²) in [5, 5.41) is 5.80. The van der Waals surface area contributed by atoms with Crippen LogP contribution in [0.5, 0.6) is 11.5 Å². The largest absolute Gasteiger partial charge is 0.456 e. The van der Waals surface area contributed by atoms with Crippen LogP contribution in [-0.2, 0) is 11.2 Å². The number of carbonyl (C=O) groups is 2. The number of rotatable bonds is 9. The zero-order chi connectivity index (χ0) is 24.2. The number of ether oxygens (including phenoxy) is 1. The van der Waals surface area contributed by atoms with Gasteiger partial charge in [0.05, 0.1) is 12.4 Å². The zero-order valence-corrected chi connectivity index (χ0v) is 19.7. The standard InChI is InChI=1S/C28H28N4O3/c1-2-3-5-19-8-10-20(11-9-19)27(33)29-22-6-4-7-23(16-22)35-24-14-15-26-30-25(18-32(26)17-24)31-28(34)21-12-13-21/h4,6-11,14-18,21H,2-3,5,12-13H2,1H3,(H,29,33)(H,31,34). The smallest absolute Gasteiger partial charge is 0.255 e. The summed E-state index contributed by atoms with van der Waals surface area (Å²) in [5.74, 6) is 1.72. The van der Waals surface area contributed by atoms with E-state index in [0.29, 0.717) is 34.2 Å². The van der Waals surface area contributed by atoms with Gasteiger partial charge in [0.1, 0.15) is 17.1 Å². The Balaban J connectivity index is 1.23. The maximum absolute atomic E-state index is 12.7.